The van der Waals surface area contributed by atoms with Crippen LogP contribution in [0.3, 0.4) is 0 Å². The molecule has 0 bridgehead atoms. The van der Waals surface area contributed by atoms with Crippen LogP contribution in [0.5, 0.6) is 0 Å². The van der Waals surface area contributed by atoms with Crippen molar-refractivity contribution in [2.45, 2.75) is 23.4 Å². The van der Waals surface area contributed by atoms with Crippen LogP contribution in [0.4, 0.5) is 5.69 Å². The maximum absolute atomic E-state index is 12.0. The quantitative estimate of drug-likeness (QED) is 0.879. The van der Waals surface area contributed by atoms with Crippen LogP contribution in [0.1, 0.15) is 17.5 Å². The average molecular weight is 304 g/mol. The van der Waals surface area contributed by atoms with Gasteiger partial charge in [-0.1, -0.05) is 23.1 Å². The highest BCUT2D eigenvalue weighted by Gasteiger charge is 2.16. The fraction of sp³-hybridized carbons (Fsp3) is 0.231. The first-order valence-electron chi connectivity index (χ1n) is 5.86. The Kier molecular flexibility index (Phi) is 4.71. The zero-order valence-electron chi connectivity index (χ0n) is 11.0. The van der Waals surface area contributed by atoms with Gasteiger partial charge in [0.05, 0.1) is 16.9 Å². The summed E-state index contributed by atoms with van der Waals surface area (Å²) in [7, 11) is 0. The number of hydrogen-bond acceptors (Lipinski definition) is 6. The van der Waals surface area contributed by atoms with E-state index in [1.54, 1.807) is 24.3 Å². The van der Waals surface area contributed by atoms with Crippen LogP contribution >= 0.6 is 23.1 Å². The first-order chi connectivity index (χ1) is 9.58. The van der Waals surface area contributed by atoms with Crippen LogP contribution in [-0.2, 0) is 4.79 Å². The van der Waals surface area contributed by atoms with Crippen molar-refractivity contribution in [3.63, 3.8) is 0 Å². The third kappa shape index (κ3) is 3.79. The first-order valence-corrected chi connectivity index (χ1v) is 7.56. The molecule has 1 unspecified atom stereocenters. The summed E-state index contributed by atoms with van der Waals surface area (Å²) < 4.78 is 0.782. The number of thioether (sulfide) groups is 1. The van der Waals surface area contributed by atoms with E-state index < -0.39 is 0 Å². The molecule has 5 nitrogen and oxygen atoms in total. The van der Waals surface area contributed by atoms with Crippen molar-refractivity contribution in [3.05, 3.63) is 34.8 Å². The predicted octanol–water partition coefficient (Wildman–Crippen LogP) is 2.84. The summed E-state index contributed by atoms with van der Waals surface area (Å²) in [5.74, 6) is -0.104. The molecule has 1 aromatic heterocycles. The van der Waals surface area contributed by atoms with Crippen molar-refractivity contribution < 1.29 is 4.79 Å². The molecule has 2 aromatic rings. The number of nitrogens with one attached hydrogen (secondary N) is 1. The fourth-order valence-corrected chi connectivity index (χ4v) is 3.36. The molecular formula is C13H12N4OS2. The lowest BCUT2D eigenvalue weighted by molar-refractivity contribution is -0.115. The molecule has 0 saturated heterocycles. The molecule has 2 rings (SSSR count). The highest BCUT2D eigenvalue weighted by Crippen LogP contribution is 2.26. The topological polar surface area (TPSA) is 78.7 Å². The summed E-state index contributed by atoms with van der Waals surface area (Å²) in [5.41, 5.74) is 1.24. The van der Waals surface area contributed by atoms with Gasteiger partial charge < -0.3 is 5.32 Å². The van der Waals surface area contributed by atoms with Gasteiger partial charge in [0.2, 0.25) is 5.91 Å². The second-order valence-corrected chi connectivity index (χ2v) is 6.80. The Hall–Kier alpha value is -1.91. The van der Waals surface area contributed by atoms with E-state index >= 15 is 0 Å². The van der Waals surface area contributed by atoms with Gasteiger partial charge in [0.1, 0.15) is 5.01 Å². The summed E-state index contributed by atoms with van der Waals surface area (Å²) in [6.45, 7) is 3.70. The van der Waals surface area contributed by atoms with E-state index in [1.165, 1.54) is 23.1 Å². The number of amides is 1. The predicted molar refractivity (Wildman–Crippen MR) is 79.8 cm³/mol. The minimum Gasteiger partial charge on any atom is -0.325 e. The Balaban J connectivity index is 1.95. The lowest BCUT2D eigenvalue weighted by atomic mass is 10.2. The number of anilines is 1. The molecular weight excluding hydrogens is 292 g/mol. The second-order valence-electron chi connectivity index (χ2n) is 4.03. The van der Waals surface area contributed by atoms with Crippen LogP contribution in [0, 0.1) is 18.3 Å². The summed E-state index contributed by atoms with van der Waals surface area (Å²) in [6.07, 6.45) is 0. The number of hydrogen-bond donors (Lipinski definition) is 1. The van der Waals surface area contributed by atoms with E-state index in [0.29, 0.717) is 11.3 Å². The molecule has 0 aliphatic heterocycles. The number of nitrogens with zero attached hydrogens (tertiary/aromatic N) is 3. The molecule has 102 valence electrons. The van der Waals surface area contributed by atoms with Crippen molar-refractivity contribution in [2.75, 3.05) is 5.32 Å². The van der Waals surface area contributed by atoms with Gasteiger partial charge in [0.15, 0.2) is 4.34 Å². The van der Waals surface area contributed by atoms with Crippen molar-refractivity contribution in [1.82, 2.24) is 10.2 Å². The highest BCUT2D eigenvalue weighted by molar-refractivity contribution is 8.02. The van der Waals surface area contributed by atoms with Crippen molar-refractivity contribution in [1.29, 1.82) is 5.26 Å². The molecule has 20 heavy (non-hydrogen) atoms. The van der Waals surface area contributed by atoms with Gasteiger partial charge in [-0.15, -0.1) is 10.2 Å². The van der Waals surface area contributed by atoms with Crippen LogP contribution in [0.15, 0.2) is 28.6 Å². The molecule has 0 aliphatic carbocycles. The smallest absolute Gasteiger partial charge is 0.237 e. The molecule has 1 heterocycles. The molecule has 0 aliphatic rings. The summed E-state index contributed by atoms with van der Waals surface area (Å²) in [5, 5.41) is 20.0. The number of carbonyl (C=O) groups is 1. The van der Waals surface area contributed by atoms with Crippen LogP contribution in [-0.4, -0.2) is 21.4 Å². The average Bonchev–Trinajstić information content (AvgIpc) is 2.85. The van der Waals surface area contributed by atoms with E-state index in [2.05, 4.69) is 15.5 Å². The normalized spacial score (nSPS) is 11.7. The highest BCUT2D eigenvalue weighted by atomic mass is 32.2. The molecule has 1 amide bonds. The van der Waals surface area contributed by atoms with Gasteiger partial charge in [-0.05, 0) is 38.1 Å². The minimum atomic E-state index is -0.266. The van der Waals surface area contributed by atoms with Gasteiger partial charge >= 0.3 is 0 Å². The van der Waals surface area contributed by atoms with Crippen LogP contribution in [0.25, 0.3) is 0 Å². The zero-order valence-corrected chi connectivity index (χ0v) is 12.6. The van der Waals surface area contributed by atoms with Crippen molar-refractivity contribution in [3.8, 4) is 6.07 Å². The number of aromatic nitrogens is 2. The van der Waals surface area contributed by atoms with Gasteiger partial charge in [0, 0.05) is 5.69 Å². The third-order valence-electron chi connectivity index (χ3n) is 2.44. The molecule has 7 heteroatoms. The third-order valence-corrected chi connectivity index (χ3v) is 4.46. The Morgan fingerprint density at radius 1 is 1.40 bits per heavy atom. The van der Waals surface area contributed by atoms with E-state index in [0.717, 1.165) is 9.35 Å². The molecule has 0 saturated carbocycles. The zero-order chi connectivity index (χ0) is 14.5. The first kappa shape index (κ1) is 14.5. The summed E-state index contributed by atoms with van der Waals surface area (Å²) >= 11 is 2.85. The van der Waals surface area contributed by atoms with E-state index in [-0.39, 0.29) is 11.2 Å². The maximum Gasteiger partial charge on any atom is 0.237 e. The number of aryl methyl sites for hydroxylation is 1. The molecule has 0 spiro atoms. The molecule has 0 fully saturated rings. The van der Waals surface area contributed by atoms with Crippen molar-refractivity contribution in [2.24, 2.45) is 0 Å². The number of rotatable bonds is 4. The van der Waals surface area contributed by atoms with Gasteiger partial charge in [-0.3, -0.25) is 4.79 Å². The number of benzene rings is 1. The van der Waals surface area contributed by atoms with Gasteiger partial charge in [-0.25, -0.2) is 0 Å². The Labute approximate surface area is 125 Å². The maximum atomic E-state index is 12.0. The summed E-state index contributed by atoms with van der Waals surface area (Å²) in [6, 6.07) is 8.79. The van der Waals surface area contributed by atoms with Crippen LogP contribution < -0.4 is 5.32 Å². The Morgan fingerprint density at radius 3 is 2.65 bits per heavy atom. The van der Waals surface area contributed by atoms with E-state index in [4.69, 9.17) is 5.26 Å². The SMILES string of the molecule is Cc1nnc(SC(C)C(=O)Nc2ccc(C#N)cc2)s1. The molecule has 1 atom stereocenters. The lowest BCUT2D eigenvalue weighted by Crippen LogP contribution is -2.22. The molecule has 1 aromatic carbocycles. The van der Waals surface area contributed by atoms with Gasteiger partial charge in [-0.2, -0.15) is 5.26 Å². The van der Waals surface area contributed by atoms with E-state index in [9.17, 15) is 4.79 Å². The fourth-order valence-electron chi connectivity index (χ4n) is 1.40. The standard InChI is InChI=1S/C13H12N4OS2/c1-8(19-13-17-16-9(2)20-13)12(18)15-11-5-3-10(7-14)4-6-11/h3-6,8H,1-2H3,(H,15,18). The largest absolute Gasteiger partial charge is 0.325 e. The number of nitriles is 1. The second kappa shape index (κ2) is 6.50. The molecule has 0 radical (unpaired) electrons. The Morgan fingerprint density at radius 2 is 2.10 bits per heavy atom. The van der Waals surface area contributed by atoms with Gasteiger partial charge in [0.25, 0.3) is 0 Å². The Bertz CT molecular complexity index is 645. The summed E-state index contributed by atoms with van der Waals surface area (Å²) in [4.78, 5) is 12.0. The van der Waals surface area contributed by atoms with E-state index in [1.807, 2.05) is 19.9 Å². The molecule has 1 N–H and O–H groups in total. The number of carbonyl (C=O) groups excluding carboxylic acids is 1. The van der Waals surface area contributed by atoms with Crippen molar-refractivity contribution >= 4 is 34.7 Å². The lowest BCUT2D eigenvalue weighted by Gasteiger charge is -2.10. The monoisotopic (exact) mass is 304 g/mol. The van der Waals surface area contributed by atoms with Crippen LogP contribution in [0.2, 0.25) is 0 Å². The minimum absolute atomic E-state index is 0.104.